The fourth-order valence-corrected chi connectivity index (χ4v) is 2.17. The van der Waals surface area contributed by atoms with Crippen LogP contribution in [0.5, 0.6) is 0 Å². The van der Waals surface area contributed by atoms with Crippen LogP contribution >= 0.6 is 11.8 Å². The summed E-state index contributed by atoms with van der Waals surface area (Å²) in [6, 6.07) is 0. The van der Waals surface area contributed by atoms with E-state index < -0.39 is 5.97 Å². The van der Waals surface area contributed by atoms with E-state index in [2.05, 4.69) is 20.1 Å². The molecule has 2 nitrogen and oxygen atoms in total. The number of carboxylic acids is 1. The van der Waals surface area contributed by atoms with Gasteiger partial charge in [0.15, 0.2) is 0 Å². The molecule has 1 unspecified atom stereocenters. The average Bonchev–Trinajstić information content (AvgIpc) is 2.01. The van der Waals surface area contributed by atoms with Crippen LogP contribution in [0.15, 0.2) is 0 Å². The number of hydrogen-bond donors (Lipinski definition) is 1. The molecule has 0 spiro atoms. The molecule has 0 saturated carbocycles. The monoisotopic (exact) mass is 218 g/mol. The van der Waals surface area contributed by atoms with Crippen molar-refractivity contribution in [1.82, 2.24) is 0 Å². The van der Waals surface area contributed by atoms with Gasteiger partial charge in [-0.3, -0.25) is 4.79 Å². The summed E-state index contributed by atoms with van der Waals surface area (Å²) in [5.74, 6) is -0.999. The van der Waals surface area contributed by atoms with Crippen molar-refractivity contribution in [2.45, 2.75) is 45.8 Å². The minimum Gasteiger partial charge on any atom is -0.481 e. The van der Waals surface area contributed by atoms with Crippen molar-refractivity contribution in [2.24, 2.45) is 11.3 Å². The fourth-order valence-electron chi connectivity index (χ4n) is 1.66. The zero-order chi connectivity index (χ0) is 11.6. The van der Waals surface area contributed by atoms with Crippen LogP contribution in [-0.4, -0.2) is 22.1 Å². The summed E-state index contributed by atoms with van der Waals surface area (Å²) in [6.45, 7) is 10.2. The zero-order valence-corrected chi connectivity index (χ0v) is 10.9. The molecule has 14 heavy (non-hydrogen) atoms. The Balaban J connectivity index is 4.56. The van der Waals surface area contributed by atoms with Crippen molar-refractivity contribution in [1.29, 1.82) is 0 Å². The molecule has 0 aromatic heterocycles. The third-order valence-corrected chi connectivity index (χ3v) is 4.23. The second-order valence-corrected chi connectivity index (χ2v) is 6.70. The molecule has 1 N–H and O–H groups in total. The SMILES string of the molecule is CSC(C)(C)CC(C)(C)C(C)C(=O)O. The molecular weight excluding hydrogens is 196 g/mol. The normalized spacial score (nSPS) is 15.3. The zero-order valence-electron chi connectivity index (χ0n) is 10.0. The van der Waals surface area contributed by atoms with E-state index in [1.807, 2.05) is 13.8 Å². The summed E-state index contributed by atoms with van der Waals surface area (Å²) < 4.78 is 0.146. The third-order valence-electron chi connectivity index (χ3n) is 2.98. The highest BCUT2D eigenvalue weighted by Crippen LogP contribution is 2.40. The van der Waals surface area contributed by atoms with Crippen LogP contribution in [0.2, 0.25) is 0 Å². The van der Waals surface area contributed by atoms with E-state index in [-0.39, 0.29) is 16.1 Å². The average molecular weight is 218 g/mol. The predicted octanol–water partition coefficient (Wildman–Crippen LogP) is 3.27. The first kappa shape index (κ1) is 13.8. The van der Waals surface area contributed by atoms with Crippen LogP contribution in [0.4, 0.5) is 0 Å². The standard InChI is InChI=1S/C11H22O2S/c1-8(9(12)13)10(2,3)7-11(4,5)14-6/h8H,7H2,1-6H3,(H,12,13). The maximum absolute atomic E-state index is 10.9. The summed E-state index contributed by atoms with van der Waals surface area (Å²) in [4.78, 5) is 10.9. The molecule has 0 aliphatic rings. The lowest BCUT2D eigenvalue weighted by molar-refractivity contribution is -0.145. The van der Waals surface area contributed by atoms with Crippen LogP contribution in [0.3, 0.4) is 0 Å². The molecule has 0 rings (SSSR count). The van der Waals surface area contributed by atoms with Gasteiger partial charge in [0.05, 0.1) is 5.92 Å². The molecule has 1 atom stereocenters. The van der Waals surface area contributed by atoms with Gasteiger partial charge in [0.2, 0.25) is 0 Å². The molecule has 0 heterocycles. The van der Waals surface area contributed by atoms with Crippen molar-refractivity contribution in [3.8, 4) is 0 Å². The molecule has 3 heteroatoms. The molecule has 84 valence electrons. The Morgan fingerprint density at radius 3 is 2.07 bits per heavy atom. The first-order valence-electron chi connectivity index (χ1n) is 4.90. The minimum atomic E-state index is -0.702. The quantitative estimate of drug-likeness (QED) is 0.769. The number of thioether (sulfide) groups is 1. The largest absolute Gasteiger partial charge is 0.481 e. The van der Waals surface area contributed by atoms with Gasteiger partial charge in [-0.2, -0.15) is 11.8 Å². The summed E-state index contributed by atoms with van der Waals surface area (Å²) in [5.41, 5.74) is -0.154. The summed E-state index contributed by atoms with van der Waals surface area (Å²) in [7, 11) is 0. The van der Waals surface area contributed by atoms with Gasteiger partial charge in [-0.1, -0.05) is 34.6 Å². The third kappa shape index (κ3) is 3.91. The van der Waals surface area contributed by atoms with Gasteiger partial charge in [-0.15, -0.1) is 0 Å². The van der Waals surface area contributed by atoms with Crippen molar-refractivity contribution >= 4 is 17.7 Å². The highest BCUT2D eigenvalue weighted by molar-refractivity contribution is 7.99. The molecule has 0 aliphatic heterocycles. The molecule has 0 aliphatic carbocycles. The van der Waals surface area contributed by atoms with Crippen molar-refractivity contribution < 1.29 is 9.90 Å². The van der Waals surface area contributed by atoms with E-state index >= 15 is 0 Å². The molecule has 0 bridgehead atoms. The summed E-state index contributed by atoms with van der Waals surface area (Å²) >= 11 is 1.79. The molecule has 0 saturated heterocycles. The van der Waals surface area contributed by atoms with Crippen LogP contribution in [0.1, 0.15) is 41.0 Å². The van der Waals surface area contributed by atoms with Gasteiger partial charge in [0.1, 0.15) is 0 Å². The van der Waals surface area contributed by atoms with Gasteiger partial charge >= 0.3 is 5.97 Å². The van der Waals surface area contributed by atoms with Gasteiger partial charge in [0, 0.05) is 4.75 Å². The minimum absolute atomic E-state index is 0.146. The topological polar surface area (TPSA) is 37.3 Å². The van der Waals surface area contributed by atoms with E-state index in [0.29, 0.717) is 0 Å². The van der Waals surface area contributed by atoms with Crippen LogP contribution < -0.4 is 0 Å². The predicted molar refractivity (Wildman–Crippen MR) is 62.8 cm³/mol. The van der Waals surface area contributed by atoms with Gasteiger partial charge in [0.25, 0.3) is 0 Å². The smallest absolute Gasteiger partial charge is 0.306 e. The highest BCUT2D eigenvalue weighted by Gasteiger charge is 2.36. The summed E-state index contributed by atoms with van der Waals surface area (Å²) in [5, 5.41) is 8.98. The maximum atomic E-state index is 10.9. The van der Waals surface area contributed by atoms with Crippen LogP contribution in [-0.2, 0) is 4.79 Å². The van der Waals surface area contributed by atoms with Gasteiger partial charge < -0.3 is 5.11 Å². The van der Waals surface area contributed by atoms with Crippen molar-refractivity contribution in [3.63, 3.8) is 0 Å². The molecule has 0 amide bonds. The van der Waals surface area contributed by atoms with Gasteiger partial charge in [-0.25, -0.2) is 0 Å². The highest BCUT2D eigenvalue weighted by atomic mass is 32.2. The molecule has 0 aromatic rings. The number of aliphatic carboxylic acids is 1. The van der Waals surface area contributed by atoms with Crippen LogP contribution in [0, 0.1) is 11.3 Å². The lowest BCUT2D eigenvalue weighted by Gasteiger charge is -2.36. The fraction of sp³-hybridized carbons (Fsp3) is 0.909. The number of carbonyl (C=O) groups is 1. The number of hydrogen-bond acceptors (Lipinski definition) is 2. The Bertz CT molecular complexity index is 209. The molecule has 0 radical (unpaired) electrons. The Morgan fingerprint density at radius 1 is 1.36 bits per heavy atom. The van der Waals surface area contributed by atoms with E-state index in [1.54, 1.807) is 18.7 Å². The Morgan fingerprint density at radius 2 is 1.79 bits per heavy atom. The molecular formula is C11H22O2S. The van der Waals surface area contributed by atoms with Crippen molar-refractivity contribution in [3.05, 3.63) is 0 Å². The lowest BCUT2D eigenvalue weighted by atomic mass is 9.74. The molecule has 0 aromatic carbocycles. The van der Waals surface area contributed by atoms with E-state index in [1.165, 1.54) is 0 Å². The van der Waals surface area contributed by atoms with E-state index in [4.69, 9.17) is 5.11 Å². The Kier molecular flexibility index (Phi) is 4.50. The second-order valence-electron chi connectivity index (χ2n) is 5.19. The number of rotatable bonds is 5. The maximum Gasteiger partial charge on any atom is 0.306 e. The number of carboxylic acid groups (broad SMARTS) is 1. The Hall–Kier alpha value is -0.180. The first-order chi connectivity index (χ1) is 6.12. The summed E-state index contributed by atoms with van der Waals surface area (Å²) in [6.07, 6.45) is 2.98. The van der Waals surface area contributed by atoms with E-state index in [9.17, 15) is 4.79 Å². The van der Waals surface area contributed by atoms with Gasteiger partial charge in [-0.05, 0) is 18.1 Å². The molecule has 0 fully saturated rings. The van der Waals surface area contributed by atoms with Crippen molar-refractivity contribution in [2.75, 3.05) is 6.26 Å². The second kappa shape index (κ2) is 4.56. The van der Waals surface area contributed by atoms with Crippen LogP contribution in [0.25, 0.3) is 0 Å². The lowest BCUT2D eigenvalue weighted by Crippen LogP contribution is -2.34. The Labute approximate surface area is 91.5 Å². The van der Waals surface area contributed by atoms with E-state index in [0.717, 1.165) is 6.42 Å². The first-order valence-corrected chi connectivity index (χ1v) is 6.13.